The van der Waals surface area contributed by atoms with Crippen LogP contribution in [0.3, 0.4) is 0 Å². The Morgan fingerprint density at radius 1 is 0.926 bits per heavy atom. The van der Waals surface area contributed by atoms with E-state index >= 15 is 0 Å². The van der Waals surface area contributed by atoms with Crippen LogP contribution in [0.5, 0.6) is 0 Å². The Morgan fingerprint density at radius 3 is 1.93 bits per heavy atom. The minimum atomic E-state index is -0.735. The summed E-state index contributed by atoms with van der Waals surface area (Å²) in [5.74, 6) is 0.852. The minimum absolute atomic E-state index is 0.195. The first kappa shape index (κ1) is 19.8. The van der Waals surface area contributed by atoms with Gasteiger partial charge < -0.3 is 0 Å². The summed E-state index contributed by atoms with van der Waals surface area (Å²) in [6.07, 6.45) is 17.2. The minimum Gasteiger partial charge on any atom is -0.205 e. The largest absolute Gasteiger partial charge is 0.205 e. The first-order valence-corrected chi connectivity index (χ1v) is 10.3. The van der Waals surface area contributed by atoms with E-state index in [1.165, 1.54) is 37.8 Å². The molecule has 0 aliphatic heterocycles. The lowest BCUT2D eigenvalue weighted by molar-refractivity contribution is 0.310. The maximum absolute atomic E-state index is 13.9. The van der Waals surface area contributed by atoms with Gasteiger partial charge in [0.25, 0.3) is 0 Å². The van der Waals surface area contributed by atoms with Crippen LogP contribution in [0, 0.1) is 40.7 Å². The maximum Gasteiger partial charge on any atom is 0.144 e. The van der Waals surface area contributed by atoms with Crippen molar-refractivity contribution >= 4 is 0 Å². The van der Waals surface area contributed by atoms with E-state index in [4.69, 9.17) is 5.26 Å². The highest BCUT2D eigenvalue weighted by atomic mass is 19.1. The average molecular weight is 369 g/mol. The summed E-state index contributed by atoms with van der Waals surface area (Å²) in [5, 5.41) is 8.80. The number of nitriles is 1. The average Bonchev–Trinajstić information content (AvgIpc) is 2.68. The lowest BCUT2D eigenvalue weighted by Gasteiger charge is -2.29. The molecule has 2 aliphatic rings. The van der Waals surface area contributed by atoms with Crippen LogP contribution >= 0.6 is 0 Å². The molecule has 1 aromatic rings. The third-order valence-electron chi connectivity index (χ3n) is 6.47. The molecule has 0 saturated heterocycles. The third kappa shape index (κ3) is 5.06. The first-order valence-electron chi connectivity index (χ1n) is 10.3. The zero-order valence-corrected chi connectivity index (χ0v) is 16.0. The van der Waals surface area contributed by atoms with E-state index in [0.29, 0.717) is 17.4 Å². The molecular weight excluding hydrogens is 340 g/mol. The predicted molar refractivity (Wildman–Crippen MR) is 105 cm³/mol. The Bertz CT molecular complexity index is 691. The van der Waals surface area contributed by atoms with E-state index in [2.05, 4.69) is 18.7 Å². The van der Waals surface area contributed by atoms with Gasteiger partial charge in [-0.3, -0.25) is 0 Å². The zero-order valence-electron chi connectivity index (χ0n) is 16.0. The number of benzene rings is 1. The van der Waals surface area contributed by atoms with Gasteiger partial charge in [-0.1, -0.05) is 18.2 Å². The molecule has 0 spiro atoms. The molecule has 3 rings (SSSR count). The molecular formula is C24H29F2N. The maximum atomic E-state index is 13.9. The SMILES string of the molecule is C=CCC1CCC(C=CC2CCC(c3cc(F)c(C#N)c(F)c3)CC2)CC1. The van der Waals surface area contributed by atoms with Crippen LogP contribution in [0.4, 0.5) is 8.78 Å². The molecule has 0 bridgehead atoms. The normalized spacial score (nSPS) is 28.8. The highest BCUT2D eigenvalue weighted by Crippen LogP contribution is 2.38. The molecule has 0 amide bonds. The van der Waals surface area contributed by atoms with Crippen molar-refractivity contribution in [2.75, 3.05) is 0 Å². The highest BCUT2D eigenvalue weighted by molar-refractivity contribution is 5.36. The van der Waals surface area contributed by atoms with Crippen molar-refractivity contribution in [1.82, 2.24) is 0 Å². The van der Waals surface area contributed by atoms with Crippen LogP contribution in [0.25, 0.3) is 0 Å². The fourth-order valence-electron chi connectivity index (χ4n) is 4.75. The van der Waals surface area contributed by atoms with Gasteiger partial charge in [-0.05, 0) is 99.2 Å². The van der Waals surface area contributed by atoms with Crippen molar-refractivity contribution in [3.8, 4) is 6.07 Å². The highest BCUT2D eigenvalue weighted by Gasteiger charge is 2.24. The van der Waals surface area contributed by atoms with Crippen LogP contribution < -0.4 is 0 Å². The van der Waals surface area contributed by atoms with Crippen LogP contribution in [0.15, 0.2) is 36.9 Å². The van der Waals surface area contributed by atoms with Crippen molar-refractivity contribution in [2.45, 2.75) is 63.7 Å². The third-order valence-corrected chi connectivity index (χ3v) is 6.47. The second-order valence-electron chi connectivity index (χ2n) is 8.27. The van der Waals surface area contributed by atoms with Crippen LogP contribution in [-0.4, -0.2) is 0 Å². The Kier molecular flexibility index (Phi) is 6.83. The summed E-state index contributed by atoms with van der Waals surface area (Å²) in [4.78, 5) is 0. The Labute approximate surface area is 161 Å². The Hall–Kier alpha value is -1.95. The quantitative estimate of drug-likeness (QED) is 0.510. The number of halogens is 2. The molecule has 0 unspecified atom stereocenters. The summed E-state index contributed by atoms with van der Waals surface area (Å²) < 4.78 is 27.7. The zero-order chi connectivity index (χ0) is 19.2. The molecule has 0 atom stereocenters. The predicted octanol–water partition coefficient (Wildman–Crippen LogP) is 7.05. The number of rotatable bonds is 5. The molecule has 144 valence electrons. The van der Waals surface area contributed by atoms with E-state index < -0.39 is 17.2 Å². The van der Waals surface area contributed by atoms with E-state index in [-0.39, 0.29) is 5.92 Å². The monoisotopic (exact) mass is 369 g/mol. The van der Waals surface area contributed by atoms with Crippen molar-refractivity contribution in [2.24, 2.45) is 17.8 Å². The van der Waals surface area contributed by atoms with Gasteiger partial charge in [0, 0.05) is 0 Å². The molecule has 0 heterocycles. The van der Waals surface area contributed by atoms with Gasteiger partial charge in [0.15, 0.2) is 0 Å². The van der Waals surface area contributed by atoms with Crippen LogP contribution in [0.2, 0.25) is 0 Å². The number of nitrogens with zero attached hydrogens (tertiary/aromatic N) is 1. The van der Waals surface area contributed by atoms with Crippen molar-refractivity contribution < 1.29 is 8.78 Å². The smallest absolute Gasteiger partial charge is 0.144 e. The van der Waals surface area contributed by atoms with Gasteiger partial charge in [0.1, 0.15) is 23.3 Å². The van der Waals surface area contributed by atoms with Crippen molar-refractivity contribution in [1.29, 1.82) is 5.26 Å². The molecule has 2 fully saturated rings. The number of hydrogen-bond acceptors (Lipinski definition) is 1. The Morgan fingerprint density at radius 2 is 1.44 bits per heavy atom. The van der Waals surface area contributed by atoms with Crippen LogP contribution in [0.1, 0.15) is 74.8 Å². The van der Waals surface area contributed by atoms with E-state index in [1.54, 1.807) is 6.07 Å². The van der Waals surface area contributed by atoms with Crippen LogP contribution in [-0.2, 0) is 0 Å². The molecule has 2 saturated carbocycles. The molecule has 0 N–H and O–H groups in total. The second-order valence-corrected chi connectivity index (χ2v) is 8.27. The van der Waals surface area contributed by atoms with Gasteiger partial charge >= 0.3 is 0 Å². The molecule has 0 aromatic heterocycles. The first-order chi connectivity index (χ1) is 13.1. The second kappa shape index (κ2) is 9.31. The molecule has 27 heavy (non-hydrogen) atoms. The summed E-state index contributed by atoms with van der Waals surface area (Å²) in [5.41, 5.74) is 0.227. The summed E-state index contributed by atoms with van der Waals surface area (Å²) >= 11 is 0. The summed E-state index contributed by atoms with van der Waals surface area (Å²) in [7, 11) is 0. The lowest BCUT2D eigenvalue weighted by atomic mass is 9.77. The van der Waals surface area contributed by atoms with Gasteiger partial charge in [-0.15, -0.1) is 6.58 Å². The van der Waals surface area contributed by atoms with E-state index in [0.717, 1.165) is 38.0 Å². The fourth-order valence-corrected chi connectivity index (χ4v) is 4.75. The van der Waals surface area contributed by atoms with E-state index in [9.17, 15) is 8.78 Å². The molecule has 2 aliphatic carbocycles. The topological polar surface area (TPSA) is 23.8 Å². The lowest BCUT2D eigenvalue weighted by Crippen LogP contribution is -2.14. The summed E-state index contributed by atoms with van der Waals surface area (Å²) in [6, 6.07) is 4.30. The fraction of sp³-hybridized carbons (Fsp3) is 0.542. The molecule has 3 heteroatoms. The number of allylic oxidation sites excluding steroid dienone is 3. The number of hydrogen-bond donors (Lipinski definition) is 0. The van der Waals surface area contributed by atoms with Gasteiger partial charge in [0.2, 0.25) is 0 Å². The molecule has 0 radical (unpaired) electrons. The van der Waals surface area contributed by atoms with Crippen molar-refractivity contribution in [3.63, 3.8) is 0 Å². The van der Waals surface area contributed by atoms with Gasteiger partial charge in [0.05, 0.1) is 0 Å². The van der Waals surface area contributed by atoms with Gasteiger partial charge in [-0.25, -0.2) is 8.78 Å². The van der Waals surface area contributed by atoms with Gasteiger partial charge in [-0.2, -0.15) is 5.26 Å². The Balaban J connectivity index is 1.49. The standard InChI is InChI=1S/C24H29F2N/c1-2-3-17-4-6-18(7-5-17)8-9-19-10-12-20(13-11-19)21-14-23(25)22(16-27)24(26)15-21/h2,8-9,14-15,17-20H,1,3-7,10-13H2. The van der Waals surface area contributed by atoms with Crippen molar-refractivity contribution in [3.05, 3.63) is 59.7 Å². The van der Waals surface area contributed by atoms with E-state index in [1.807, 2.05) is 6.08 Å². The summed E-state index contributed by atoms with van der Waals surface area (Å²) in [6.45, 7) is 3.85. The molecule has 1 aromatic carbocycles. The molecule has 1 nitrogen and oxygen atoms in total.